The summed E-state index contributed by atoms with van der Waals surface area (Å²) in [5.74, 6) is 0.780. The summed E-state index contributed by atoms with van der Waals surface area (Å²) in [4.78, 5) is 25.7. The number of rotatable bonds is 4. The molecular weight excluding hydrogens is 328 g/mol. The lowest BCUT2D eigenvalue weighted by Gasteiger charge is -2.23. The SMILES string of the molecule is CCCn1ccc2cc(-c3cnc(N)nc3)nc(NC(C)(C)C)c2c1=O. The number of pyridine rings is 2. The lowest BCUT2D eigenvalue weighted by atomic mass is 10.1. The molecule has 3 heterocycles. The predicted octanol–water partition coefficient (Wildman–Crippen LogP) is 3.06. The molecule has 3 aromatic heterocycles. The molecule has 3 rings (SSSR count). The Kier molecular flexibility index (Phi) is 4.63. The first-order valence-electron chi connectivity index (χ1n) is 8.69. The van der Waals surface area contributed by atoms with Crippen molar-refractivity contribution in [2.75, 3.05) is 11.1 Å². The molecule has 0 fully saturated rings. The molecule has 0 radical (unpaired) electrons. The van der Waals surface area contributed by atoms with Gasteiger partial charge in [-0.2, -0.15) is 0 Å². The third-order valence-electron chi connectivity index (χ3n) is 3.88. The molecule has 0 saturated heterocycles. The highest BCUT2D eigenvalue weighted by atomic mass is 16.1. The average Bonchev–Trinajstić information content (AvgIpc) is 2.56. The van der Waals surface area contributed by atoms with Gasteiger partial charge in [0.2, 0.25) is 5.95 Å². The Balaban J connectivity index is 2.26. The Morgan fingerprint density at radius 2 is 1.92 bits per heavy atom. The minimum atomic E-state index is -0.242. The molecule has 136 valence electrons. The minimum Gasteiger partial charge on any atom is -0.368 e. The Bertz CT molecular complexity index is 986. The Morgan fingerprint density at radius 3 is 2.54 bits per heavy atom. The third kappa shape index (κ3) is 3.66. The van der Waals surface area contributed by atoms with Crippen LogP contribution in [-0.4, -0.2) is 25.1 Å². The van der Waals surface area contributed by atoms with Gasteiger partial charge >= 0.3 is 0 Å². The molecule has 0 aliphatic heterocycles. The summed E-state index contributed by atoms with van der Waals surface area (Å²) in [6.07, 6.45) is 5.99. The fourth-order valence-corrected chi connectivity index (χ4v) is 2.78. The number of fused-ring (bicyclic) bond motifs is 1. The van der Waals surface area contributed by atoms with Crippen LogP contribution in [0.5, 0.6) is 0 Å². The number of nitrogens with zero attached hydrogens (tertiary/aromatic N) is 4. The molecule has 0 aliphatic carbocycles. The van der Waals surface area contributed by atoms with E-state index in [1.807, 2.05) is 46.0 Å². The maximum Gasteiger partial charge on any atom is 0.262 e. The number of nitrogens with one attached hydrogen (secondary N) is 1. The van der Waals surface area contributed by atoms with E-state index in [-0.39, 0.29) is 17.0 Å². The van der Waals surface area contributed by atoms with Crippen LogP contribution >= 0.6 is 0 Å². The Hall–Kier alpha value is -2.96. The first-order chi connectivity index (χ1) is 12.3. The van der Waals surface area contributed by atoms with Crippen LogP contribution in [0.15, 0.2) is 35.5 Å². The number of hydrogen-bond donors (Lipinski definition) is 2. The van der Waals surface area contributed by atoms with E-state index in [9.17, 15) is 4.79 Å². The number of nitrogens with two attached hydrogens (primary N) is 1. The molecular formula is C19H24N6O. The maximum absolute atomic E-state index is 13.0. The van der Waals surface area contributed by atoms with Crippen LogP contribution in [0.2, 0.25) is 0 Å². The van der Waals surface area contributed by atoms with E-state index in [0.29, 0.717) is 23.4 Å². The van der Waals surface area contributed by atoms with Gasteiger partial charge in [-0.15, -0.1) is 0 Å². The smallest absolute Gasteiger partial charge is 0.262 e. The summed E-state index contributed by atoms with van der Waals surface area (Å²) in [5.41, 5.74) is 6.73. The normalized spacial score (nSPS) is 11.7. The van der Waals surface area contributed by atoms with Crippen molar-refractivity contribution in [3.05, 3.63) is 41.1 Å². The van der Waals surface area contributed by atoms with Crippen molar-refractivity contribution in [3.8, 4) is 11.3 Å². The van der Waals surface area contributed by atoms with Gasteiger partial charge in [0.05, 0.1) is 11.1 Å². The maximum atomic E-state index is 13.0. The first-order valence-corrected chi connectivity index (χ1v) is 8.69. The largest absolute Gasteiger partial charge is 0.368 e. The molecule has 0 saturated carbocycles. The molecule has 0 unspecified atom stereocenters. The lowest BCUT2D eigenvalue weighted by Crippen LogP contribution is -2.29. The molecule has 0 aromatic carbocycles. The van der Waals surface area contributed by atoms with Crippen LogP contribution < -0.4 is 16.6 Å². The molecule has 3 aromatic rings. The van der Waals surface area contributed by atoms with E-state index in [4.69, 9.17) is 10.7 Å². The molecule has 0 atom stereocenters. The highest BCUT2D eigenvalue weighted by Gasteiger charge is 2.17. The van der Waals surface area contributed by atoms with E-state index in [1.54, 1.807) is 17.0 Å². The van der Waals surface area contributed by atoms with E-state index in [1.165, 1.54) is 0 Å². The highest BCUT2D eigenvalue weighted by molar-refractivity contribution is 5.94. The molecule has 0 amide bonds. The van der Waals surface area contributed by atoms with E-state index in [2.05, 4.69) is 15.3 Å². The van der Waals surface area contributed by atoms with Crippen molar-refractivity contribution in [3.63, 3.8) is 0 Å². The lowest BCUT2D eigenvalue weighted by molar-refractivity contribution is 0.630. The van der Waals surface area contributed by atoms with Gasteiger partial charge in [0.15, 0.2) is 0 Å². The number of aryl methyl sites for hydroxylation is 1. The number of anilines is 2. The molecule has 0 spiro atoms. The highest BCUT2D eigenvalue weighted by Crippen LogP contribution is 2.27. The van der Waals surface area contributed by atoms with Gasteiger partial charge in [-0.3, -0.25) is 4.79 Å². The topological polar surface area (TPSA) is 98.7 Å². The summed E-state index contributed by atoms with van der Waals surface area (Å²) >= 11 is 0. The van der Waals surface area contributed by atoms with Gasteiger partial charge < -0.3 is 15.6 Å². The molecule has 26 heavy (non-hydrogen) atoms. The van der Waals surface area contributed by atoms with Crippen molar-refractivity contribution >= 4 is 22.5 Å². The monoisotopic (exact) mass is 352 g/mol. The van der Waals surface area contributed by atoms with Gasteiger partial charge in [0.1, 0.15) is 5.82 Å². The quantitative estimate of drug-likeness (QED) is 0.749. The Morgan fingerprint density at radius 1 is 1.23 bits per heavy atom. The van der Waals surface area contributed by atoms with Crippen LogP contribution in [0.25, 0.3) is 22.0 Å². The number of nitrogen functional groups attached to an aromatic ring is 1. The summed E-state index contributed by atoms with van der Waals surface area (Å²) in [7, 11) is 0. The molecule has 0 aliphatic rings. The Labute approximate surface area is 152 Å². The molecule has 7 nitrogen and oxygen atoms in total. The summed E-state index contributed by atoms with van der Waals surface area (Å²) < 4.78 is 1.73. The van der Waals surface area contributed by atoms with Crippen LogP contribution in [0.3, 0.4) is 0 Å². The first kappa shape index (κ1) is 17.8. The third-order valence-corrected chi connectivity index (χ3v) is 3.88. The predicted molar refractivity (Wildman–Crippen MR) is 105 cm³/mol. The van der Waals surface area contributed by atoms with E-state index >= 15 is 0 Å². The van der Waals surface area contributed by atoms with Gasteiger partial charge in [0, 0.05) is 36.2 Å². The summed E-state index contributed by atoms with van der Waals surface area (Å²) in [6, 6.07) is 3.83. The van der Waals surface area contributed by atoms with Crippen molar-refractivity contribution in [2.45, 2.75) is 46.2 Å². The summed E-state index contributed by atoms with van der Waals surface area (Å²) in [5, 5.41) is 4.79. The minimum absolute atomic E-state index is 0.0382. The second-order valence-corrected chi connectivity index (χ2v) is 7.34. The zero-order chi connectivity index (χ0) is 18.9. The van der Waals surface area contributed by atoms with Crippen molar-refractivity contribution < 1.29 is 0 Å². The van der Waals surface area contributed by atoms with Crippen LogP contribution in [0.4, 0.5) is 11.8 Å². The number of aromatic nitrogens is 4. The van der Waals surface area contributed by atoms with Crippen molar-refractivity contribution in [2.24, 2.45) is 0 Å². The van der Waals surface area contributed by atoms with Crippen LogP contribution in [-0.2, 0) is 6.54 Å². The molecule has 3 N–H and O–H groups in total. The number of hydrogen-bond acceptors (Lipinski definition) is 6. The van der Waals surface area contributed by atoms with E-state index in [0.717, 1.165) is 17.4 Å². The van der Waals surface area contributed by atoms with Gasteiger partial charge in [0.25, 0.3) is 5.56 Å². The van der Waals surface area contributed by atoms with Crippen LogP contribution in [0, 0.1) is 0 Å². The van der Waals surface area contributed by atoms with Gasteiger partial charge in [-0.25, -0.2) is 15.0 Å². The van der Waals surface area contributed by atoms with E-state index < -0.39 is 0 Å². The second-order valence-electron chi connectivity index (χ2n) is 7.34. The fraction of sp³-hybridized carbons (Fsp3) is 0.368. The molecule has 0 bridgehead atoms. The average molecular weight is 352 g/mol. The standard InChI is InChI=1S/C19H24N6O/c1-5-7-25-8-6-12-9-14(13-10-21-18(20)22-11-13)23-16(15(12)17(25)26)24-19(2,3)4/h6,8-11H,5,7H2,1-4H3,(H,23,24)(H2,20,21,22). The molecule has 7 heteroatoms. The second kappa shape index (κ2) is 6.74. The van der Waals surface area contributed by atoms with Crippen LogP contribution in [0.1, 0.15) is 34.1 Å². The summed E-state index contributed by atoms with van der Waals surface area (Å²) in [6.45, 7) is 8.83. The van der Waals surface area contributed by atoms with Gasteiger partial charge in [-0.05, 0) is 44.7 Å². The fourth-order valence-electron chi connectivity index (χ4n) is 2.78. The van der Waals surface area contributed by atoms with Gasteiger partial charge in [-0.1, -0.05) is 6.92 Å². The zero-order valence-corrected chi connectivity index (χ0v) is 15.6. The zero-order valence-electron chi connectivity index (χ0n) is 15.6. The van der Waals surface area contributed by atoms with Crippen molar-refractivity contribution in [1.29, 1.82) is 0 Å². The van der Waals surface area contributed by atoms with Crippen molar-refractivity contribution in [1.82, 2.24) is 19.5 Å².